The number of hydrogen-bond donors (Lipinski definition) is 1. The number of rotatable bonds is 2. The highest BCUT2D eigenvalue weighted by atomic mass is 32.2. The molecule has 4 nitrogen and oxygen atoms in total. The molecule has 0 unspecified atom stereocenters. The molecule has 21 heavy (non-hydrogen) atoms. The van der Waals surface area contributed by atoms with Crippen LogP contribution in [-0.2, 0) is 16.0 Å². The zero-order valence-electron chi connectivity index (χ0n) is 12.2. The number of benzene rings is 1. The molecule has 2 aliphatic heterocycles. The monoisotopic (exact) mass is 304 g/mol. The number of hydrogen-bond acceptors (Lipinski definition) is 3. The van der Waals surface area contributed by atoms with Crippen LogP contribution in [0.4, 0.5) is 0 Å². The lowest BCUT2D eigenvalue weighted by atomic mass is 9.97. The maximum atomic E-state index is 12.7. The van der Waals surface area contributed by atoms with Crippen molar-refractivity contribution in [1.29, 1.82) is 0 Å². The van der Waals surface area contributed by atoms with E-state index in [1.165, 1.54) is 16.0 Å². The molecule has 0 aromatic heterocycles. The Balaban J connectivity index is 1.68. The topological polar surface area (TPSA) is 63.4 Å². The number of thioether (sulfide) groups is 1. The van der Waals surface area contributed by atoms with Crippen molar-refractivity contribution in [2.45, 2.75) is 36.3 Å². The standard InChI is InChI=1S/C16H20N2O2S/c1-10-4-5-11-8-14(21-13(11)7-10)16(20)18-6-2-3-12(9-18)15(17)19/h4-5,7,12,14H,2-3,6,8-9H2,1H3,(H2,17,19)/t12-,14+/m1/s1. The zero-order valence-corrected chi connectivity index (χ0v) is 13.0. The number of nitrogens with zero attached hydrogens (tertiary/aromatic N) is 1. The van der Waals surface area contributed by atoms with Crippen LogP contribution in [0.3, 0.4) is 0 Å². The Morgan fingerprint density at radius 1 is 1.38 bits per heavy atom. The van der Waals surface area contributed by atoms with Gasteiger partial charge in [0.1, 0.15) is 0 Å². The van der Waals surface area contributed by atoms with E-state index >= 15 is 0 Å². The van der Waals surface area contributed by atoms with E-state index in [0.29, 0.717) is 6.54 Å². The first-order chi connectivity index (χ1) is 10.0. The van der Waals surface area contributed by atoms with Gasteiger partial charge in [0.25, 0.3) is 0 Å². The number of carbonyl (C=O) groups is 2. The number of carbonyl (C=O) groups excluding carboxylic acids is 2. The van der Waals surface area contributed by atoms with Crippen LogP contribution < -0.4 is 5.73 Å². The van der Waals surface area contributed by atoms with Gasteiger partial charge in [0, 0.05) is 18.0 Å². The molecule has 2 atom stereocenters. The molecule has 2 aliphatic rings. The predicted octanol–water partition coefficient (Wildman–Crippen LogP) is 1.74. The molecule has 0 saturated carbocycles. The Kier molecular flexibility index (Phi) is 3.93. The van der Waals surface area contributed by atoms with Crippen LogP contribution in [0.1, 0.15) is 24.0 Å². The van der Waals surface area contributed by atoms with Crippen LogP contribution in [-0.4, -0.2) is 35.1 Å². The van der Waals surface area contributed by atoms with E-state index < -0.39 is 0 Å². The normalized spacial score (nSPS) is 24.7. The van der Waals surface area contributed by atoms with Crippen LogP contribution in [0, 0.1) is 12.8 Å². The van der Waals surface area contributed by atoms with Gasteiger partial charge in [-0.3, -0.25) is 9.59 Å². The van der Waals surface area contributed by atoms with Crippen molar-refractivity contribution in [3.63, 3.8) is 0 Å². The highest BCUT2D eigenvalue weighted by Crippen LogP contribution is 2.38. The first-order valence-electron chi connectivity index (χ1n) is 7.39. The predicted molar refractivity (Wildman–Crippen MR) is 83.0 cm³/mol. The van der Waals surface area contributed by atoms with Crippen LogP contribution in [0.25, 0.3) is 0 Å². The van der Waals surface area contributed by atoms with Crippen LogP contribution in [0.15, 0.2) is 23.1 Å². The number of primary amides is 1. The first kappa shape index (κ1) is 14.4. The van der Waals surface area contributed by atoms with E-state index in [-0.39, 0.29) is 23.0 Å². The quantitative estimate of drug-likeness (QED) is 0.905. The molecule has 0 bridgehead atoms. The second-order valence-corrected chi connectivity index (χ2v) is 7.19. The summed E-state index contributed by atoms with van der Waals surface area (Å²) in [6, 6.07) is 6.36. The summed E-state index contributed by atoms with van der Waals surface area (Å²) in [5.41, 5.74) is 7.87. The van der Waals surface area contributed by atoms with E-state index in [9.17, 15) is 9.59 Å². The Hall–Kier alpha value is -1.49. The molecule has 0 spiro atoms. The molecule has 1 aromatic rings. The van der Waals surface area contributed by atoms with Gasteiger partial charge in [0.05, 0.1) is 11.2 Å². The molecule has 112 valence electrons. The van der Waals surface area contributed by atoms with Crippen molar-refractivity contribution in [1.82, 2.24) is 4.90 Å². The highest BCUT2D eigenvalue weighted by molar-refractivity contribution is 8.01. The second kappa shape index (κ2) is 5.72. The van der Waals surface area contributed by atoms with E-state index in [1.54, 1.807) is 11.8 Å². The Bertz CT molecular complexity index is 588. The molecular weight excluding hydrogens is 284 g/mol. The average molecular weight is 304 g/mol. The maximum Gasteiger partial charge on any atom is 0.236 e. The lowest BCUT2D eigenvalue weighted by Gasteiger charge is -2.32. The summed E-state index contributed by atoms with van der Waals surface area (Å²) in [5, 5.41) is -0.0478. The third kappa shape index (κ3) is 2.93. The molecule has 5 heteroatoms. The third-order valence-corrected chi connectivity index (χ3v) is 5.59. The number of nitrogens with two attached hydrogens (primary N) is 1. The molecule has 2 amide bonds. The minimum atomic E-state index is -0.287. The Morgan fingerprint density at radius 3 is 2.95 bits per heavy atom. The van der Waals surface area contributed by atoms with E-state index in [2.05, 4.69) is 25.1 Å². The molecule has 2 N–H and O–H groups in total. The maximum absolute atomic E-state index is 12.7. The fraction of sp³-hybridized carbons (Fsp3) is 0.500. The van der Waals surface area contributed by atoms with Gasteiger partial charge in [-0.1, -0.05) is 17.7 Å². The summed E-state index contributed by atoms with van der Waals surface area (Å²) in [7, 11) is 0. The van der Waals surface area contributed by atoms with Gasteiger partial charge in [-0.05, 0) is 37.8 Å². The second-order valence-electron chi connectivity index (χ2n) is 5.95. The lowest BCUT2D eigenvalue weighted by Crippen LogP contribution is -2.47. The number of piperidine rings is 1. The summed E-state index contributed by atoms with van der Waals surface area (Å²) in [5.74, 6) is -0.316. The van der Waals surface area contributed by atoms with Gasteiger partial charge < -0.3 is 10.6 Å². The average Bonchev–Trinajstić information content (AvgIpc) is 2.89. The number of fused-ring (bicyclic) bond motifs is 1. The summed E-state index contributed by atoms with van der Waals surface area (Å²) < 4.78 is 0. The van der Waals surface area contributed by atoms with Gasteiger partial charge in [-0.2, -0.15) is 0 Å². The molecule has 1 fully saturated rings. The molecule has 1 aromatic carbocycles. The Labute approximate surface area is 129 Å². The molecule has 3 rings (SSSR count). The fourth-order valence-electron chi connectivity index (χ4n) is 3.09. The first-order valence-corrected chi connectivity index (χ1v) is 8.27. The van der Waals surface area contributed by atoms with Gasteiger partial charge in [-0.15, -0.1) is 11.8 Å². The van der Waals surface area contributed by atoms with Crippen molar-refractivity contribution < 1.29 is 9.59 Å². The van der Waals surface area contributed by atoms with Crippen molar-refractivity contribution in [3.05, 3.63) is 29.3 Å². The highest BCUT2D eigenvalue weighted by Gasteiger charge is 2.34. The molecular formula is C16H20N2O2S. The summed E-state index contributed by atoms with van der Waals surface area (Å²) in [6.45, 7) is 3.30. The minimum absolute atomic E-state index is 0.0478. The van der Waals surface area contributed by atoms with Gasteiger partial charge in [0.2, 0.25) is 11.8 Å². The van der Waals surface area contributed by atoms with Crippen LogP contribution >= 0.6 is 11.8 Å². The van der Waals surface area contributed by atoms with Crippen molar-refractivity contribution >= 4 is 23.6 Å². The van der Waals surface area contributed by atoms with Crippen molar-refractivity contribution in [2.75, 3.05) is 13.1 Å². The third-order valence-electron chi connectivity index (χ3n) is 4.31. The van der Waals surface area contributed by atoms with Crippen molar-refractivity contribution in [3.8, 4) is 0 Å². The molecule has 2 heterocycles. The summed E-state index contributed by atoms with van der Waals surface area (Å²) in [4.78, 5) is 27.1. The molecule has 0 radical (unpaired) electrons. The fourth-order valence-corrected chi connectivity index (χ4v) is 4.46. The SMILES string of the molecule is Cc1ccc2c(c1)S[C@H](C(=O)N1CCC[C@@H](C(N)=O)C1)C2. The number of amides is 2. The smallest absolute Gasteiger partial charge is 0.236 e. The number of likely N-dealkylation sites (tertiary alicyclic amines) is 1. The van der Waals surface area contributed by atoms with E-state index in [0.717, 1.165) is 25.8 Å². The Morgan fingerprint density at radius 2 is 2.19 bits per heavy atom. The van der Waals surface area contributed by atoms with E-state index in [1.807, 2.05) is 4.90 Å². The summed E-state index contributed by atoms with van der Waals surface area (Å²) >= 11 is 1.65. The van der Waals surface area contributed by atoms with E-state index in [4.69, 9.17) is 5.73 Å². The van der Waals surface area contributed by atoms with Crippen LogP contribution in [0.2, 0.25) is 0 Å². The van der Waals surface area contributed by atoms with Crippen LogP contribution in [0.5, 0.6) is 0 Å². The molecule has 1 saturated heterocycles. The lowest BCUT2D eigenvalue weighted by molar-refractivity contribution is -0.134. The largest absolute Gasteiger partial charge is 0.369 e. The van der Waals surface area contributed by atoms with Gasteiger partial charge >= 0.3 is 0 Å². The summed E-state index contributed by atoms with van der Waals surface area (Å²) in [6.07, 6.45) is 2.45. The van der Waals surface area contributed by atoms with Gasteiger partial charge in [-0.25, -0.2) is 0 Å². The van der Waals surface area contributed by atoms with Crippen molar-refractivity contribution in [2.24, 2.45) is 11.7 Å². The molecule has 0 aliphatic carbocycles. The minimum Gasteiger partial charge on any atom is -0.369 e. The van der Waals surface area contributed by atoms with Gasteiger partial charge in [0.15, 0.2) is 0 Å². The zero-order chi connectivity index (χ0) is 15.0. The number of aryl methyl sites for hydroxylation is 1.